The molecule has 0 unspecified atom stereocenters. The molecule has 354 valence electrons. The first kappa shape index (κ1) is 45.0. The van der Waals surface area contributed by atoms with Crippen LogP contribution in [0.5, 0.6) is 0 Å². The first-order valence-electron chi connectivity index (χ1n) is 26.2. The minimum atomic E-state index is -0.470. The van der Waals surface area contributed by atoms with E-state index in [1.165, 1.54) is 124 Å². The van der Waals surface area contributed by atoms with Gasteiger partial charge in [-0.3, -0.25) is 0 Å². The maximum Gasteiger partial charge on any atom is 0.0569 e. The third-order valence-corrected chi connectivity index (χ3v) is 17.2. The second kappa shape index (κ2) is 18.6. The number of rotatable bonds is 8. The standard InChI is InChI=1S/C30H26O2.C28H22.C13H10/c31-19-29(25-13-5-1-9-21(25)22-10-2-6-14-26(22)29)17-18-30(20-32)27-15-7-3-11-23(27)24-12-4-8-16-28(24)30;1-5-13-23-19(9-1)20-10-2-6-14-24(20)27(23)17-18-28-25-15-7-3-11-21(25)22-12-4-8-16-26(22)28;1-3-7-12-10(5-1)9-11-6-2-4-8-13(11)12/h1-16,31-32H,17-20H2;1-16,27-28H,17-18H2;1-8H,9H2. The molecule has 0 radical (unpaired) electrons. The number of aliphatic hydroxyl groups is 2. The average molecular weight is 943 g/mol. The van der Waals surface area contributed by atoms with Crippen LogP contribution in [0.4, 0.5) is 0 Å². The van der Waals surface area contributed by atoms with Crippen molar-refractivity contribution < 1.29 is 10.2 Å². The van der Waals surface area contributed by atoms with E-state index in [9.17, 15) is 10.2 Å². The van der Waals surface area contributed by atoms with Crippen molar-refractivity contribution in [3.8, 4) is 55.6 Å². The van der Waals surface area contributed by atoms with E-state index in [1.807, 2.05) is 0 Å². The molecule has 0 amide bonds. The Bertz CT molecular complexity index is 3270. The molecule has 2 heteroatoms. The topological polar surface area (TPSA) is 40.5 Å². The molecule has 0 aromatic heterocycles. The zero-order chi connectivity index (χ0) is 48.9. The fourth-order valence-electron chi connectivity index (χ4n) is 13.9. The van der Waals surface area contributed by atoms with E-state index in [0.29, 0.717) is 11.8 Å². The van der Waals surface area contributed by atoms with Crippen molar-refractivity contribution in [2.45, 2.75) is 54.8 Å². The molecule has 2 N–H and O–H groups in total. The summed E-state index contributed by atoms with van der Waals surface area (Å²) in [5.74, 6) is 1.01. The van der Waals surface area contributed by atoms with Crippen LogP contribution in [-0.2, 0) is 17.3 Å². The van der Waals surface area contributed by atoms with Gasteiger partial charge in [0, 0.05) is 22.7 Å². The van der Waals surface area contributed by atoms with Crippen molar-refractivity contribution >= 4 is 0 Å². The normalized spacial score (nSPS) is 14.8. The van der Waals surface area contributed by atoms with Crippen molar-refractivity contribution in [2.75, 3.05) is 13.2 Å². The molecular weight excluding hydrogens is 885 g/mol. The maximum absolute atomic E-state index is 10.9. The molecule has 0 heterocycles. The third kappa shape index (κ3) is 7.30. The highest BCUT2D eigenvalue weighted by Crippen LogP contribution is 2.57. The van der Waals surface area contributed by atoms with Gasteiger partial charge in [-0.05, 0) is 143 Å². The quantitative estimate of drug-likeness (QED) is 0.159. The van der Waals surface area contributed by atoms with Crippen LogP contribution in [0.1, 0.15) is 93.2 Å². The van der Waals surface area contributed by atoms with Crippen LogP contribution in [0.3, 0.4) is 0 Å². The van der Waals surface area contributed by atoms with Crippen molar-refractivity contribution in [3.05, 3.63) is 298 Å². The predicted molar refractivity (Wildman–Crippen MR) is 300 cm³/mol. The van der Waals surface area contributed by atoms with E-state index < -0.39 is 10.8 Å². The molecule has 0 saturated heterocycles. The summed E-state index contributed by atoms with van der Waals surface area (Å²) in [4.78, 5) is 0. The van der Waals surface area contributed by atoms with Gasteiger partial charge in [-0.15, -0.1) is 0 Å². The number of benzene rings is 10. The number of hydrogen-bond acceptors (Lipinski definition) is 2. The summed E-state index contributed by atoms with van der Waals surface area (Å²) in [6, 6.07) is 87.0. The number of hydrogen-bond donors (Lipinski definition) is 2. The summed E-state index contributed by atoms with van der Waals surface area (Å²) in [6.45, 7) is 0.0949. The summed E-state index contributed by atoms with van der Waals surface area (Å²) in [6.07, 6.45) is 4.97. The molecule has 15 rings (SSSR count). The van der Waals surface area contributed by atoms with Crippen LogP contribution in [-0.4, -0.2) is 23.4 Å². The van der Waals surface area contributed by atoms with Crippen LogP contribution in [0.25, 0.3) is 55.6 Å². The van der Waals surface area contributed by atoms with Crippen LogP contribution in [0.2, 0.25) is 0 Å². The Morgan fingerprint density at radius 3 is 0.795 bits per heavy atom. The summed E-state index contributed by atoms with van der Waals surface area (Å²) >= 11 is 0. The molecule has 0 bridgehead atoms. The monoisotopic (exact) mass is 942 g/mol. The zero-order valence-electron chi connectivity index (χ0n) is 41.1. The molecule has 0 spiro atoms. The van der Waals surface area contributed by atoms with Gasteiger partial charge in [0.15, 0.2) is 0 Å². The highest BCUT2D eigenvalue weighted by molar-refractivity contribution is 5.84. The first-order chi connectivity index (χ1) is 36.1. The van der Waals surface area contributed by atoms with E-state index >= 15 is 0 Å². The van der Waals surface area contributed by atoms with Gasteiger partial charge in [-0.25, -0.2) is 0 Å². The smallest absolute Gasteiger partial charge is 0.0569 e. The van der Waals surface area contributed by atoms with Crippen molar-refractivity contribution in [1.29, 1.82) is 0 Å². The lowest BCUT2D eigenvalue weighted by atomic mass is 9.68. The lowest BCUT2D eigenvalue weighted by Gasteiger charge is -2.36. The van der Waals surface area contributed by atoms with Crippen molar-refractivity contribution in [3.63, 3.8) is 0 Å². The second-order valence-corrected chi connectivity index (χ2v) is 20.7. The Balaban J connectivity index is 0.000000114. The Hall–Kier alpha value is -7.88. The maximum atomic E-state index is 10.9. The highest BCUT2D eigenvalue weighted by Gasteiger charge is 2.48. The second-order valence-electron chi connectivity index (χ2n) is 20.7. The Kier molecular flexibility index (Phi) is 11.5. The fraction of sp³-hybridized carbons (Fsp3) is 0.155. The lowest BCUT2D eigenvalue weighted by molar-refractivity contribution is 0.177. The minimum absolute atomic E-state index is 0.0474. The summed E-state index contributed by atoms with van der Waals surface area (Å²) in [5, 5.41) is 21.7. The predicted octanol–water partition coefficient (Wildman–Crippen LogP) is 16.3. The van der Waals surface area contributed by atoms with Crippen LogP contribution in [0.15, 0.2) is 243 Å². The summed E-state index contributed by atoms with van der Waals surface area (Å²) in [7, 11) is 0. The molecule has 0 aliphatic heterocycles. The molecule has 10 aromatic carbocycles. The molecule has 0 atom stereocenters. The van der Waals surface area contributed by atoms with E-state index in [1.54, 1.807) is 0 Å². The summed E-state index contributed by atoms with van der Waals surface area (Å²) < 4.78 is 0. The highest BCUT2D eigenvalue weighted by atomic mass is 16.3. The lowest BCUT2D eigenvalue weighted by Crippen LogP contribution is -2.36. The van der Waals surface area contributed by atoms with Gasteiger partial charge in [-0.2, -0.15) is 0 Å². The van der Waals surface area contributed by atoms with Gasteiger partial charge in [0.25, 0.3) is 0 Å². The summed E-state index contributed by atoms with van der Waals surface area (Å²) in [5.41, 5.74) is 26.1. The fourth-order valence-corrected chi connectivity index (χ4v) is 13.9. The van der Waals surface area contributed by atoms with E-state index in [0.717, 1.165) is 19.3 Å². The molecule has 0 fully saturated rings. The van der Waals surface area contributed by atoms with Gasteiger partial charge in [0.2, 0.25) is 0 Å². The Morgan fingerprint density at radius 2 is 0.507 bits per heavy atom. The average Bonchev–Trinajstić information content (AvgIpc) is 4.25. The number of fused-ring (bicyclic) bond motifs is 15. The van der Waals surface area contributed by atoms with E-state index in [2.05, 4.69) is 243 Å². The zero-order valence-corrected chi connectivity index (χ0v) is 41.1. The van der Waals surface area contributed by atoms with Crippen molar-refractivity contribution in [1.82, 2.24) is 0 Å². The van der Waals surface area contributed by atoms with Crippen LogP contribution in [0, 0.1) is 0 Å². The van der Waals surface area contributed by atoms with Gasteiger partial charge < -0.3 is 10.2 Å². The van der Waals surface area contributed by atoms with E-state index in [-0.39, 0.29) is 13.2 Å². The van der Waals surface area contributed by atoms with Gasteiger partial charge in [-0.1, -0.05) is 243 Å². The molecular formula is C71H58O2. The van der Waals surface area contributed by atoms with Gasteiger partial charge >= 0.3 is 0 Å². The third-order valence-electron chi connectivity index (χ3n) is 17.2. The molecule has 5 aliphatic carbocycles. The van der Waals surface area contributed by atoms with Gasteiger partial charge in [0.1, 0.15) is 0 Å². The Labute approximate surface area is 430 Å². The minimum Gasteiger partial charge on any atom is -0.395 e. The largest absolute Gasteiger partial charge is 0.395 e. The molecule has 73 heavy (non-hydrogen) atoms. The van der Waals surface area contributed by atoms with Crippen LogP contribution >= 0.6 is 0 Å². The van der Waals surface area contributed by atoms with E-state index in [4.69, 9.17) is 0 Å². The molecule has 2 nitrogen and oxygen atoms in total. The molecule has 0 saturated carbocycles. The number of aliphatic hydroxyl groups excluding tert-OH is 2. The van der Waals surface area contributed by atoms with Crippen LogP contribution < -0.4 is 0 Å². The molecule has 10 aromatic rings. The van der Waals surface area contributed by atoms with Crippen molar-refractivity contribution in [2.24, 2.45) is 0 Å². The first-order valence-corrected chi connectivity index (χ1v) is 26.2. The SMILES string of the molecule is OCC1(CCC2(CO)c3ccccc3-c3ccccc32)c2ccccc2-c2ccccc21.c1ccc2c(c1)-c1ccccc1C2CCC1c2ccccc2-c2ccccc21.c1ccc2c(c1)Cc1ccccc1-2. The molecule has 5 aliphatic rings. The van der Waals surface area contributed by atoms with Gasteiger partial charge in [0.05, 0.1) is 13.2 Å². The Morgan fingerprint density at radius 1 is 0.274 bits per heavy atom.